The van der Waals surface area contributed by atoms with Crippen molar-refractivity contribution >= 4 is 0 Å². The first-order valence-electron chi connectivity index (χ1n) is 22.1. The van der Waals surface area contributed by atoms with Crippen molar-refractivity contribution in [1.29, 1.82) is 0 Å². The van der Waals surface area contributed by atoms with Gasteiger partial charge in [0.25, 0.3) is 0 Å². The lowest BCUT2D eigenvalue weighted by molar-refractivity contribution is 0.980. The number of rotatable bonds is 0. The van der Waals surface area contributed by atoms with Gasteiger partial charge in [0.15, 0.2) is 0 Å². The van der Waals surface area contributed by atoms with Gasteiger partial charge in [0.05, 0.1) is 11.4 Å². The molecule has 0 bridgehead atoms. The summed E-state index contributed by atoms with van der Waals surface area (Å²) in [5, 5.41) is 7.36. The summed E-state index contributed by atoms with van der Waals surface area (Å²) in [6.07, 6.45) is 29.5. The average Bonchev–Trinajstić information content (AvgIpc) is 3.38. The van der Waals surface area contributed by atoms with E-state index in [-0.39, 0.29) is 44.6 Å². The van der Waals surface area contributed by atoms with Crippen molar-refractivity contribution in [2.75, 3.05) is 0 Å². The van der Waals surface area contributed by atoms with Crippen LogP contribution in [0.5, 0.6) is 0 Å². The Morgan fingerprint density at radius 3 is 0.789 bits per heavy atom. The normalized spacial score (nSPS) is 8.03. The van der Waals surface area contributed by atoms with Crippen molar-refractivity contribution < 1.29 is 0 Å². The van der Waals surface area contributed by atoms with Crippen LogP contribution >= 0.6 is 0 Å². The standard InChI is InChI=1S/C7H8.4C6H7N.5C5H6N2.6CH4/c1-7-5-3-2-4-6-7;2*1-6-3-2-4-7-5-6;2*1-6-4-2-3-5-7-6;1-5-2-6-4-7-3-5;1-5-4-6-2-3-7-5;2*1-5-6-3-2-4-7-5;1-5-3-2-4-6-7-5;;;;;;/h2-6H,1H3;4*2-5H,1H3;5*2-4H,1H3;6*1H4. The molecular formula is C62H90N14. The van der Waals surface area contributed by atoms with Crippen LogP contribution in [0.15, 0.2) is 221 Å². The maximum atomic E-state index is 3.98. The Balaban J connectivity index is -0.000000178. The first-order chi connectivity index (χ1) is 33.9. The highest BCUT2D eigenvalue weighted by molar-refractivity contribution is 5.12. The molecule has 0 amide bonds. The molecule has 0 N–H and O–H groups in total. The average molecular weight is 1030 g/mol. The maximum absolute atomic E-state index is 3.98. The van der Waals surface area contributed by atoms with Gasteiger partial charge in [-0.15, -0.1) is 0 Å². The van der Waals surface area contributed by atoms with Crippen LogP contribution in [0.25, 0.3) is 0 Å². The van der Waals surface area contributed by atoms with Crippen molar-refractivity contribution in [1.82, 2.24) is 70.0 Å². The van der Waals surface area contributed by atoms with Gasteiger partial charge < -0.3 is 0 Å². The number of aromatic nitrogens is 14. The Kier molecular flexibility index (Phi) is 57.5. The number of nitrogens with zero attached hydrogens (tertiary/aromatic N) is 14. The predicted octanol–water partition coefficient (Wildman–Crippen LogP) is 15.3. The SMILES string of the molecule is C.C.C.C.C.C.Cc1ccccc1.Cc1ccccn1.Cc1ccccn1.Cc1cccnc1.Cc1cccnc1.Cc1cccnn1.Cc1cnccn1.Cc1cncnc1.Cc1ncccn1.Cc1ncccn1. The van der Waals surface area contributed by atoms with Crippen LogP contribution in [0.1, 0.15) is 101 Å². The lowest BCUT2D eigenvalue weighted by Gasteiger charge is -1.82. The summed E-state index contributed by atoms with van der Waals surface area (Å²) >= 11 is 0. The second-order valence-corrected chi connectivity index (χ2v) is 14.4. The second-order valence-electron chi connectivity index (χ2n) is 14.4. The summed E-state index contributed by atoms with van der Waals surface area (Å²) in [6, 6.07) is 37.2. The first-order valence-corrected chi connectivity index (χ1v) is 22.1. The molecular weight excluding hydrogens is 941 g/mol. The first kappa shape index (κ1) is 78.6. The van der Waals surface area contributed by atoms with Crippen LogP contribution in [0.3, 0.4) is 0 Å². The zero-order chi connectivity index (χ0) is 51.1. The minimum atomic E-state index is 0. The van der Waals surface area contributed by atoms with Crippen LogP contribution in [0.2, 0.25) is 0 Å². The summed E-state index contributed by atoms with van der Waals surface area (Å²) in [4.78, 5) is 46.5. The monoisotopic (exact) mass is 1030 g/mol. The largest absolute Gasteiger partial charge is 0.264 e. The van der Waals surface area contributed by atoms with E-state index in [1.54, 1.807) is 98.9 Å². The van der Waals surface area contributed by atoms with Crippen molar-refractivity contribution in [2.24, 2.45) is 0 Å². The summed E-state index contributed by atoms with van der Waals surface area (Å²) in [5.41, 5.74) is 8.91. The van der Waals surface area contributed by atoms with E-state index in [0.717, 1.165) is 40.0 Å². The van der Waals surface area contributed by atoms with Crippen LogP contribution in [0.4, 0.5) is 0 Å². The van der Waals surface area contributed by atoms with Gasteiger partial charge in [0, 0.05) is 111 Å². The molecule has 9 aromatic heterocycles. The molecule has 9 heterocycles. The van der Waals surface area contributed by atoms with Crippen LogP contribution in [-0.4, -0.2) is 70.0 Å². The molecule has 0 unspecified atom stereocenters. The van der Waals surface area contributed by atoms with E-state index in [4.69, 9.17) is 0 Å². The zero-order valence-corrected chi connectivity index (χ0v) is 42.0. The Labute approximate surface area is 459 Å². The summed E-state index contributed by atoms with van der Waals surface area (Å²) in [5.74, 6) is 1.64. The molecule has 10 aromatic rings. The van der Waals surface area contributed by atoms with Crippen molar-refractivity contribution in [2.45, 2.75) is 114 Å². The highest BCUT2D eigenvalue weighted by Crippen LogP contribution is 1.93. The van der Waals surface area contributed by atoms with Crippen molar-refractivity contribution in [3.05, 3.63) is 277 Å². The fourth-order valence-electron chi connectivity index (χ4n) is 4.20. The van der Waals surface area contributed by atoms with Gasteiger partial charge in [-0.05, 0) is 147 Å². The number of pyridine rings is 4. The maximum Gasteiger partial charge on any atom is 0.125 e. The molecule has 14 heteroatoms. The Morgan fingerprint density at radius 1 is 0.237 bits per heavy atom. The number of benzene rings is 1. The minimum Gasteiger partial charge on any atom is -0.264 e. The van der Waals surface area contributed by atoms with E-state index >= 15 is 0 Å². The molecule has 408 valence electrons. The molecule has 1 aromatic carbocycles. The summed E-state index contributed by atoms with van der Waals surface area (Å²) in [6.45, 7) is 19.6. The molecule has 0 fully saturated rings. The Morgan fingerprint density at radius 2 is 0.605 bits per heavy atom. The fourth-order valence-corrected chi connectivity index (χ4v) is 4.20. The van der Waals surface area contributed by atoms with Crippen molar-refractivity contribution in [3.63, 3.8) is 0 Å². The van der Waals surface area contributed by atoms with E-state index in [9.17, 15) is 0 Å². The Hall–Kier alpha value is -8.78. The van der Waals surface area contributed by atoms with E-state index in [2.05, 4.69) is 89.1 Å². The third-order valence-electron chi connectivity index (χ3n) is 7.66. The smallest absolute Gasteiger partial charge is 0.125 e. The number of aryl methyl sites for hydroxylation is 10. The van der Waals surface area contributed by atoms with Crippen LogP contribution < -0.4 is 0 Å². The lowest BCUT2D eigenvalue weighted by atomic mass is 10.2. The fraction of sp³-hybridized carbons (Fsp3) is 0.258. The van der Waals surface area contributed by atoms with E-state index in [0.29, 0.717) is 0 Å². The molecule has 76 heavy (non-hydrogen) atoms. The van der Waals surface area contributed by atoms with E-state index in [1.165, 1.54) is 23.0 Å². The van der Waals surface area contributed by atoms with E-state index in [1.807, 2.05) is 166 Å². The minimum absolute atomic E-state index is 0. The third-order valence-corrected chi connectivity index (χ3v) is 7.66. The van der Waals surface area contributed by atoms with Gasteiger partial charge in [-0.2, -0.15) is 10.2 Å². The highest BCUT2D eigenvalue weighted by Gasteiger charge is 1.79. The zero-order valence-electron chi connectivity index (χ0n) is 42.0. The number of hydrogen-bond donors (Lipinski definition) is 0. The van der Waals surface area contributed by atoms with E-state index < -0.39 is 0 Å². The van der Waals surface area contributed by atoms with Gasteiger partial charge in [-0.3, -0.25) is 29.9 Å². The molecule has 0 spiro atoms. The predicted molar refractivity (Wildman–Crippen MR) is 321 cm³/mol. The molecule has 0 aliphatic carbocycles. The summed E-state index contributed by atoms with van der Waals surface area (Å²) in [7, 11) is 0. The molecule has 10 rings (SSSR count). The van der Waals surface area contributed by atoms with Gasteiger partial charge in [0.1, 0.15) is 18.0 Å². The van der Waals surface area contributed by atoms with Crippen LogP contribution in [0, 0.1) is 69.2 Å². The highest BCUT2D eigenvalue weighted by atomic mass is 15.1. The molecule has 0 saturated heterocycles. The molecule has 14 nitrogen and oxygen atoms in total. The van der Waals surface area contributed by atoms with Gasteiger partial charge in [-0.1, -0.05) is 105 Å². The van der Waals surface area contributed by atoms with Gasteiger partial charge >= 0.3 is 0 Å². The summed E-state index contributed by atoms with van der Waals surface area (Å²) < 4.78 is 0. The quantitative estimate of drug-likeness (QED) is 0.140. The molecule has 0 aliphatic heterocycles. The molecule has 0 radical (unpaired) electrons. The lowest BCUT2D eigenvalue weighted by Crippen LogP contribution is -1.80. The third kappa shape index (κ3) is 53.0. The topological polar surface area (TPSA) is 180 Å². The number of hydrogen-bond acceptors (Lipinski definition) is 14. The molecule has 0 saturated carbocycles. The van der Waals surface area contributed by atoms with Gasteiger partial charge in [0.2, 0.25) is 0 Å². The molecule has 0 atom stereocenters. The van der Waals surface area contributed by atoms with Crippen LogP contribution in [-0.2, 0) is 0 Å². The van der Waals surface area contributed by atoms with Crippen molar-refractivity contribution in [3.8, 4) is 0 Å². The second kappa shape index (κ2) is 55.5. The molecule has 0 aliphatic rings. The van der Waals surface area contributed by atoms with Gasteiger partial charge in [-0.25, -0.2) is 29.9 Å². The Bertz CT molecular complexity index is 1970.